The summed E-state index contributed by atoms with van der Waals surface area (Å²) in [6.45, 7) is 6.76. The molecular weight excluding hydrogens is 376 g/mol. The lowest BCUT2D eigenvalue weighted by Gasteiger charge is -2.57. The number of hydrogen-bond acceptors (Lipinski definition) is 5. The van der Waals surface area contributed by atoms with Crippen molar-refractivity contribution in [3.8, 4) is 0 Å². The Morgan fingerprint density at radius 3 is 2.63 bits per heavy atom. The predicted octanol–water partition coefficient (Wildman–Crippen LogP) is 4.85. The standard InChI is InChI=1S/C19H29NO.C6H9NO2/c1-18-9-7-13(20)11-12(18)3-4-14-15-5-6-17(21)19(15,2)10-8-16(14)18;1-5-4-7-6(9-5)2-3-8/h11,14-17,20-21H,3-10H2,1-2H3;4,8H,2-3H2,1H3/t14?,15?,16?,17-,18-,19-;/m0./s1. The van der Waals surface area contributed by atoms with Crippen LogP contribution in [0.5, 0.6) is 0 Å². The summed E-state index contributed by atoms with van der Waals surface area (Å²) < 4.78 is 5.05. The quantitative estimate of drug-likeness (QED) is 0.645. The molecule has 1 aromatic heterocycles. The minimum atomic E-state index is -0.0623. The first-order valence-electron chi connectivity index (χ1n) is 11.8. The number of aryl methyl sites for hydroxylation is 1. The van der Waals surface area contributed by atoms with Crippen molar-refractivity contribution in [2.24, 2.45) is 28.6 Å². The first kappa shape index (κ1) is 21.8. The van der Waals surface area contributed by atoms with Crippen LogP contribution in [0.3, 0.4) is 0 Å². The number of oxazole rings is 1. The smallest absolute Gasteiger partial charge is 0.196 e. The van der Waals surface area contributed by atoms with Crippen molar-refractivity contribution in [1.29, 1.82) is 5.41 Å². The van der Waals surface area contributed by atoms with Gasteiger partial charge < -0.3 is 20.0 Å². The van der Waals surface area contributed by atoms with Gasteiger partial charge in [-0.1, -0.05) is 19.4 Å². The van der Waals surface area contributed by atoms with Crippen molar-refractivity contribution in [3.05, 3.63) is 29.5 Å². The van der Waals surface area contributed by atoms with E-state index < -0.39 is 0 Å². The van der Waals surface area contributed by atoms with E-state index in [9.17, 15) is 5.11 Å². The molecule has 1 heterocycles. The molecule has 3 saturated carbocycles. The van der Waals surface area contributed by atoms with E-state index in [1.165, 1.54) is 38.5 Å². The van der Waals surface area contributed by atoms with E-state index in [1.54, 1.807) is 11.8 Å². The molecule has 4 aliphatic rings. The first-order valence-corrected chi connectivity index (χ1v) is 11.8. The van der Waals surface area contributed by atoms with E-state index >= 15 is 0 Å². The summed E-state index contributed by atoms with van der Waals surface area (Å²) in [5, 5.41) is 26.9. The molecular formula is C25H38N2O3. The third kappa shape index (κ3) is 3.69. The molecule has 0 bridgehead atoms. The molecule has 30 heavy (non-hydrogen) atoms. The van der Waals surface area contributed by atoms with Gasteiger partial charge in [-0.15, -0.1) is 0 Å². The fourth-order valence-corrected chi connectivity index (χ4v) is 7.17. The number of nitrogens with one attached hydrogen (secondary N) is 1. The van der Waals surface area contributed by atoms with Crippen LogP contribution in [0.4, 0.5) is 0 Å². The molecule has 0 aromatic carbocycles. The number of allylic oxidation sites excluding steroid dienone is 2. The average Bonchev–Trinajstić information content (AvgIpc) is 3.26. The highest BCUT2D eigenvalue weighted by molar-refractivity contribution is 5.94. The van der Waals surface area contributed by atoms with Gasteiger partial charge in [-0.25, -0.2) is 4.98 Å². The van der Waals surface area contributed by atoms with Crippen molar-refractivity contribution in [3.63, 3.8) is 0 Å². The highest BCUT2D eigenvalue weighted by Crippen LogP contribution is 2.65. The number of fused-ring (bicyclic) bond motifs is 5. The minimum absolute atomic E-state index is 0.0623. The Hall–Kier alpha value is -1.46. The summed E-state index contributed by atoms with van der Waals surface area (Å²) in [6.07, 6.45) is 13.7. The molecule has 6 atom stereocenters. The van der Waals surface area contributed by atoms with Gasteiger partial charge in [0, 0.05) is 12.1 Å². The van der Waals surface area contributed by atoms with Crippen molar-refractivity contribution >= 4 is 5.71 Å². The largest absolute Gasteiger partial charge is 0.446 e. The van der Waals surface area contributed by atoms with Gasteiger partial charge in [-0.2, -0.15) is 0 Å². The van der Waals surface area contributed by atoms with Gasteiger partial charge in [0.05, 0.1) is 18.9 Å². The van der Waals surface area contributed by atoms with Crippen LogP contribution in [-0.4, -0.2) is 33.6 Å². The third-order valence-corrected chi connectivity index (χ3v) is 8.94. The van der Waals surface area contributed by atoms with Crippen LogP contribution in [0.2, 0.25) is 0 Å². The Kier molecular flexibility index (Phi) is 5.97. The lowest BCUT2D eigenvalue weighted by Crippen LogP contribution is -2.51. The van der Waals surface area contributed by atoms with E-state index in [1.807, 2.05) is 6.92 Å². The number of rotatable bonds is 2. The van der Waals surface area contributed by atoms with Crippen LogP contribution in [0.25, 0.3) is 0 Å². The molecule has 5 heteroatoms. The van der Waals surface area contributed by atoms with Gasteiger partial charge >= 0.3 is 0 Å². The lowest BCUT2D eigenvalue weighted by molar-refractivity contribution is -0.0721. The second kappa shape index (κ2) is 8.23. The molecule has 0 aliphatic heterocycles. The number of nitrogens with zero attached hydrogens (tertiary/aromatic N) is 1. The maximum atomic E-state index is 10.5. The molecule has 0 saturated heterocycles. The summed E-state index contributed by atoms with van der Waals surface area (Å²) >= 11 is 0. The lowest BCUT2D eigenvalue weighted by atomic mass is 9.47. The van der Waals surface area contributed by atoms with Crippen LogP contribution < -0.4 is 0 Å². The normalized spacial score (nSPS) is 39.9. The SMILES string of the molecule is C[C@]12CCC(=N)C=C1CCC1C2CC[C@@]2(C)C1CC[C@@H]2O.Cc1cnc(CCO)o1. The predicted molar refractivity (Wildman–Crippen MR) is 117 cm³/mol. The molecule has 0 amide bonds. The van der Waals surface area contributed by atoms with Gasteiger partial charge in [-0.05, 0) is 93.0 Å². The zero-order chi connectivity index (χ0) is 21.5. The van der Waals surface area contributed by atoms with Gasteiger partial charge in [0.25, 0.3) is 0 Å². The van der Waals surface area contributed by atoms with E-state index in [2.05, 4.69) is 24.9 Å². The van der Waals surface area contributed by atoms with E-state index in [0.717, 1.165) is 42.1 Å². The molecule has 166 valence electrons. The first-order chi connectivity index (χ1) is 14.3. The van der Waals surface area contributed by atoms with Crippen molar-refractivity contribution < 1.29 is 14.6 Å². The van der Waals surface area contributed by atoms with E-state index in [0.29, 0.717) is 17.7 Å². The number of aromatic nitrogens is 1. The highest BCUT2D eigenvalue weighted by Gasteiger charge is 2.58. The molecule has 0 spiro atoms. The molecule has 3 fully saturated rings. The molecule has 3 N–H and O–H groups in total. The molecule has 0 radical (unpaired) electrons. The Balaban J connectivity index is 0.000000204. The van der Waals surface area contributed by atoms with Crippen molar-refractivity contribution in [1.82, 2.24) is 4.98 Å². The van der Waals surface area contributed by atoms with Crippen LogP contribution in [0.1, 0.15) is 76.9 Å². The summed E-state index contributed by atoms with van der Waals surface area (Å²) in [5.41, 5.74) is 2.96. The number of hydrogen-bond donors (Lipinski definition) is 3. The molecule has 4 aliphatic carbocycles. The fourth-order valence-electron chi connectivity index (χ4n) is 7.17. The second-order valence-corrected chi connectivity index (χ2v) is 10.5. The van der Waals surface area contributed by atoms with Gasteiger partial charge in [0.1, 0.15) is 5.76 Å². The second-order valence-electron chi connectivity index (χ2n) is 10.5. The van der Waals surface area contributed by atoms with Crippen molar-refractivity contribution in [2.45, 2.75) is 84.7 Å². The molecule has 5 rings (SSSR count). The minimum Gasteiger partial charge on any atom is -0.446 e. The topological polar surface area (TPSA) is 90.3 Å². The monoisotopic (exact) mass is 414 g/mol. The average molecular weight is 415 g/mol. The zero-order valence-corrected chi connectivity index (χ0v) is 18.8. The molecule has 3 unspecified atom stereocenters. The van der Waals surface area contributed by atoms with Gasteiger partial charge in [-0.3, -0.25) is 0 Å². The molecule has 5 nitrogen and oxygen atoms in total. The Labute approximate surface area is 180 Å². The number of aliphatic hydroxyl groups excluding tert-OH is 2. The number of aliphatic hydroxyl groups is 2. The summed E-state index contributed by atoms with van der Waals surface area (Å²) in [4.78, 5) is 3.88. The maximum absolute atomic E-state index is 10.5. The summed E-state index contributed by atoms with van der Waals surface area (Å²) in [7, 11) is 0. The fraction of sp³-hybridized carbons (Fsp3) is 0.760. The summed E-state index contributed by atoms with van der Waals surface area (Å²) in [6, 6.07) is 0. The van der Waals surface area contributed by atoms with Crippen LogP contribution in [0, 0.1) is 40.9 Å². The Morgan fingerprint density at radius 2 is 1.93 bits per heavy atom. The highest BCUT2D eigenvalue weighted by atomic mass is 16.4. The van der Waals surface area contributed by atoms with Crippen molar-refractivity contribution in [2.75, 3.05) is 6.61 Å². The summed E-state index contributed by atoms with van der Waals surface area (Å²) in [5.74, 6) is 3.75. The van der Waals surface area contributed by atoms with E-state index in [4.69, 9.17) is 14.9 Å². The third-order valence-electron chi connectivity index (χ3n) is 8.94. The van der Waals surface area contributed by atoms with Crippen LogP contribution in [-0.2, 0) is 6.42 Å². The zero-order valence-electron chi connectivity index (χ0n) is 18.8. The van der Waals surface area contributed by atoms with Crippen LogP contribution >= 0.6 is 0 Å². The Morgan fingerprint density at radius 1 is 1.13 bits per heavy atom. The Bertz CT molecular complexity index is 815. The molecule has 1 aromatic rings. The van der Waals surface area contributed by atoms with E-state index in [-0.39, 0.29) is 18.1 Å². The maximum Gasteiger partial charge on any atom is 0.196 e. The van der Waals surface area contributed by atoms with Gasteiger partial charge in [0.2, 0.25) is 0 Å². The van der Waals surface area contributed by atoms with Gasteiger partial charge in [0.15, 0.2) is 5.89 Å². The van der Waals surface area contributed by atoms with Crippen LogP contribution in [0.15, 0.2) is 22.3 Å².